The van der Waals surface area contributed by atoms with E-state index in [-0.39, 0.29) is 0 Å². The van der Waals surface area contributed by atoms with E-state index in [0.29, 0.717) is 5.92 Å². The van der Waals surface area contributed by atoms with Gasteiger partial charge in [0.15, 0.2) is 0 Å². The van der Waals surface area contributed by atoms with Crippen molar-refractivity contribution in [3.63, 3.8) is 0 Å². The van der Waals surface area contributed by atoms with Crippen LogP contribution < -0.4 is 0 Å². The minimum atomic E-state index is 0.533. The Kier molecular flexibility index (Phi) is 4.11. The summed E-state index contributed by atoms with van der Waals surface area (Å²) in [6.07, 6.45) is 0. The van der Waals surface area contributed by atoms with Gasteiger partial charge < -0.3 is 0 Å². The lowest BCUT2D eigenvalue weighted by Crippen LogP contribution is -1.93. The van der Waals surface area contributed by atoms with Crippen molar-refractivity contribution in [3.8, 4) is 22.3 Å². The van der Waals surface area contributed by atoms with Crippen LogP contribution in [0.15, 0.2) is 72.8 Å². The highest BCUT2D eigenvalue weighted by molar-refractivity contribution is 5.75. The topological polar surface area (TPSA) is 0 Å². The molecule has 0 aromatic heterocycles. The Morgan fingerprint density at radius 2 is 1.32 bits per heavy atom. The van der Waals surface area contributed by atoms with E-state index in [2.05, 4.69) is 93.6 Å². The fourth-order valence-corrected chi connectivity index (χ4v) is 3.04. The van der Waals surface area contributed by atoms with Gasteiger partial charge in [-0.15, -0.1) is 0 Å². The van der Waals surface area contributed by atoms with E-state index in [4.69, 9.17) is 0 Å². The third kappa shape index (κ3) is 2.82. The average Bonchev–Trinajstić information content (AvgIpc) is 2.55. The van der Waals surface area contributed by atoms with Gasteiger partial charge in [-0.05, 0) is 46.2 Å². The Morgan fingerprint density at radius 1 is 0.636 bits per heavy atom. The molecule has 0 nitrogen and oxygen atoms in total. The fraction of sp³-hybridized carbons (Fsp3) is 0.182. The second-order valence-corrected chi connectivity index (χ2v) is 6.14. The van der Waals surface area contributed by atoms with Crippen LogP contribution >= 0.6 is 0 Å². The van der Waals surface area contributed by atoms with Crippen LogP contribution in [0.2, 0.25) is 0 Å². The predicted molar refractivity (Wildman–Crippen MR) is 96.1 cm³/mol. The van der Waals surface area contributed by atoms with Crippen molar-refractivity contribution in [2.24, 2.45) is 0 Å². The number of aryl methyl sites for hydroxylation is 1. The Labute approximate surface area is 133 Å². The SMILES string of the molecule is Cc1cc(-c2ccccc2C(C)C)ccc1-c1ccccc1. The number of benzene rings is 3. The van der Waals surface area contributed by atoms with Crippen molar-refractivity contribution in [1.82, 2.24) is 0 Å². The lowest BCUT2D eigenvalue weighted by atomic mass is 9.90. The molecule has 0 aliphatic heterocycles. The predicted octanol–water partition coefficient (Wildman–Crippen LogP) is 6.45. The summed E-state index contributed by atoms with van der Waals surface area (Å²) in [4.78, 5) is 0. The molecule has 110 valence electrons. The minimum Gasteiger partial charge on any atom is -0.0622 e. The molecule has 0 heterocycles. The standard InChI is InChI=1S/C22H22/c1-16(2)20-11-7-8-12-22(20)19-13-14-21(17(3)15-19)18-9-5-4-6-10-18/h4-16H,1-3H3. The smallest absolute Gasteiger partial charge is 0.0149 e. The summed E-state index contributed by atoms with van der Waals surface area (Å²) in [6.45, 7) is 6.71. The van der Waals surface area contributed by atoms with E-state index in [1.807, 2.05) is 0 Å². The van der Waals surface area contributed by atoms with Crippen molar-refractivity contribution in [2.75, 3.05) is 0 Å². The minimum absolute atomic E-state index is 0.533. The van der Waals surface area contributed by atoms with Crippen molar-refractivity contribution in [3.05, 3.63) is 83.9 Å². The Bertz CT molecular complexity index is 767. The maximum absolute atomic E-state index is 2.31. The summed E-state index contributed by atoms with van der Waals surface area (Å²) in [5.41, 5.74) is 7.98. The summed E-state index contributed by atoms with van der Waals surface area (Å²) < 4.78 is 0. The van der Waals surface area contributed by atoms with Crippen molar-refractivity contribution in [2.45, 2.75) is 26.7 Å². The third-order valence-electron chi connectivity index (χ3n) is 4.21. The van der Waals surface area contributed by atoms with Gasteiger partial charge in [-0.2, -0.15) is 0 Å². The number of hydrogen-bond acceptors (Lipinski definition) is 0. The maximum Gasteiger partial charge on any atom is -0.0149 e. The van der Waals surface area contributed by atoms with Crippen LogP contribution in [0.3, 0.4) is 0 Å². The average molecular weight is 286 g/mol. The molecule has 0 saturated heterocycles. The quantitative estimate of drug-likeness (QED) is 0.519. The van der Waals surface area contributed by atoms with E-state index in [1.54, 1.807) is 0 Å². The van der Waals surface area contributed by atoms with Crippen molar-refractivity contribution in [1.29, 1.82) is 0 Å². The zero-order chi connectivity index (χ0) is 15.5. The normalized spacial score (nSPS) is 10.9. The molecule has 0 fully saturated rings. The highest BCUT2D eigenvalue weighted by Crippen LogP contribution is 2.32. The molecule has 0 heteroatoms. The maximum atomic E-state index is 2.31. The summed E-state index contributed by atoms with van der Waals surface area (Å²) in [5.74, 6) is 0.533. The van der Waals surface area contributed by atoms with Crippen LogP contribution in [0.1, 0.15) is 30.9 Å². The second-order valence-electron chi connectivity index (χ2n) is 6.14. The Morgan fingerprint density at radius 3 is 2.00 bits per heavy atom. The molecular weight excluding hydrogens is 264 g/mol. The lowest BCUT2D eigenvalue weighted by molar-refractivity contribution is 0.869. The molecule has 0 spiro atoms. The second kappa shape index (κ2) is 6.19. The molecular formula is C22H22. The Balaban J connectivity index is 2.07. The van der Waals surface area contributed by atoms with Crippen LogP contribution in [0.25, 0.3) is 22.3 Å². The highest BCUT2D eigenvalue weighted by atomic mass is 14.1. The first kappa shape index (κ1) is 14.6. The molecule has 0 atom stereocenters. The van der Waals surface area contributed by atoms with Gasteiger partial charge in [0.05, 0.1) is 0 Å². The first-order valence-electron chi connectivity index (χ1n) is 7.92. The van der Waals surface area contributed by atoms with Gasteiger partial charge in [-0.1, -0.05) is 86.6 Å². The zero-order valence-electron chi connectivity index (χ0n) is 13.5. The first-order valence-corrected chi connectivity index (χ1v) is 7.92. The van der Waals surface area contributed by atoms with E-state index in [0.717, 1.165) is 0 Å². The van der Waals surface area contributed by atoms with E-state index in [9.17, 15) is 0 Å². The number of rotatable bonds is 3. The molecule has 3 rings (SSSR count). The van der Waals surface area contributed by atoms with E-state index < -0.39 is 0 Å². The number of hydrogen-bond donors (Lipinski definition) is 0. The molecule has 0 radical (unpaired) electrons. The van der Waals surface area contributed by atoms with Crippen molar-refractivity contribution >= 4 is 0 Å². The van der Waals surface area contributed by atoms with Gasteiger partial charge in [0.2, 0.25) is 0 Å². The third-order valence-corrected chi connectivity index (χ3v) is 4.21. The lowest BCUT2D eigenvalue weighted by Gasteiger charge is -2.15. The van der Waals surface area contributed by atoms with Gasteiger partial charge in [0, 0.05) is 0 Å². The molecule has 0 amide bonds. The van der Waals surface area contributed by atoms with Gasteiger partial charge in [-0.25, -0.2) is 0 Å². The van der Waals surface area contributed by atoms with Gasteiger partial charge in [0.25, 0.3) is 0 Å². The molecule has 0 N–H and O–H groups in total. The zero-order valence-corrected chi connectivity index (χ0v) is 13.5. The largest absolute Gasteiger partial charge is 0.0622 e. The molecule has 3 aromatic rings. The molecule has 0 aliphatic carbocycles. The molecule has 0 unspecified atom stereocenters. The van der Waals surface area contributed by atoms with Gasteiger partial charge in [-0.3, -0.25) is 0 Å². The van der Waals surface area contributed by atoms with Crippen molar-refractivity contribution < 1.29 is 0 Å². The van der Waals surface area contributed by atoms with Crippen LogP contribution in [0.4, 0.5) is 0 Å². The summed E-state index contributed by atoms with van der Waals surface area (Å²) in [5, 5.41) is 0. The van der Waals surface area contributed by atoms with Gasteiger partial charge >= 0.3 is 0 Å². The summed E-state index contributed by atoms with van der Waals surface area (Å²) in [6, 6.07) is 26.1. The monoisotopic (exact) mass is 286 g/mol. The highest BCUT2D eigenvalue weighted by Gasteiger charge is 2.09. The summed E-state index contributed by atoms with van der Waals surface area (Å²) >= 11 is 0. The summed E-state index contributed by atoms with van der Waals surface area (Å²) in [7, 11) is 0. The van der Waals surface area contributed by atoms with Gasteiger partial charge in [0.1, 0.15) is 0 Å². The first-order chi connectivity index (χ1) is 10.7. The van der Waals surface area contributed by atoms with Crippen LogP contribution in [0.5, 0.6) is 0 Å². The molecule has 0 bridgehead atoms. The Hall–Kier alpha value is -2.34. The van der Waals surface area contributed by atoms with Crippen LogP contribution in [-0.2, 0) is 0 Å². The molecule has 3 aromatic carbocycles. The van der Waals surface area contributed by atoms with Crippen LogP contribution in [-0.4, -0.2) is 0 Å². The fourth-order valence-electron chi connectivity index (χ4n) is 3.04. The molecule has 0 saturated carbocycles. The van der Waals surface area contributed by atoms with E-state index >= 15 is 0 Å². The molecule has 22 heavy (non-hydrogen) atoms. The molecule has 0 aliphatic rings. The van der Waals surface area contributed by atoms with Crippen LogP contribution in [0, 0.1) is 6.92 Å². The van der Waals surface area contributed by atoms with E-state index in [1.165, 1.54) is 33.4 Å².